The molecule has 0 heterocycles. The summed E-state index contributed by atoms with van der Waals surface area (Å²) in [7, 11) is 0. The molecule has 0 aliphatic heterocycles. The standard InChI is InChI=1S/C8H17N3O3/c1-6(2)11(4-3-5-12)8(14)7(13)10-9/h6,12H,3-5,9H2,1-2H3,(H,10,13). The number of nitrogens with one attached hydrogen (secondary N) is 1. The lowest BCUT2D eigenvalue weighted by molar-refractivity contribution is -0.147. The summed E-state index contributed by atoms with van der Waals surface area (Å²) in [5.74, 6) is 3.34. The van der Waals surface area contributed by atoms with E-state index in [1.54, 1.807) is 19.3 Å². The molecule has 0 unspecified atom stereocenters. The summed E-state index contributed by atoms with van der Waals surface area (Å²) in [4.78, 5) is 23.7. The zero-order valence-electron chi connectivity index (χ0n) is 8.49. The number of nitrogens with zero attached hydrogens (tertiary/aromatic N) is 1. The van der Waals surface area contributed by atoms with Crippen LogP contribution in [0, 0.1) is 0 Å². The summed E-state index contributed by atoms with van der Waals surface area (Å²) in [6.07, 6.45) is 0.446. The fourth-order valence-corrected chi connectivity index (χ4v) is 1.03. The van der Waals surface area contributed by atoms with E-state index in [9.17, 15) is 9.59 Å². The van der Waals surface area contributed by atoms with E-state index in [4.69, 9.17) is 10.9 Å². The van der Waals surface area contributed by atoms with Crippen molar-refractivity contribution in [1.29, 1.82) is 0 Å². The van der Waals surface area contributed by atoms with Gasteiger partial charge in [-0.3, -0.25) is 15.0 Å². The molecule has 0 bridgehead atoms. The van der Waals surface area contributed by atoms with Gasteiger partial charge >= 0.3 is 11.8 Å². The van der Waals surface area contributed by atoms with Crippen molar-refractivity contribution in [1.82, 2.24) is 10.3 Å². The average Bonchev–Trinajstić information content (AvgIpc) is 2.16. The smallest absolute Gasteiger partial charge is 0.323 e. The minimum atomic E-state index is -0.836. The van der Waals surface area contributed by atoms with Gasteiger partial charge in [-0.15, -0.1) is 0 Å². The summed E-state index contributed by atoms with van der Waals surface area (Å²) < 4.78 is 0. The van der Waals surface area contributed by atoms with Crippen LogP contribution in [0.2, 0.25) is 0 Å². The van der Waals surface area contributed by atoms with Gasteiger partial charge in [0.15, 0.2) is 0 Å². The highest BCUT2D eigenvalue weighted by molar-refractivity contribution is 6.34. The van der Waals surface area contributed by atoms with E-state index < -0.39 is 11.8 Å². The lowest BCUT2D eigenvalue weighted by Crippen LogP contribution is -2.48. The molecule has 0 aliphatic rings. The molecule has 0 atom stereocenters. The molecule has 0 rings (SSSR count). The normalized spacial score (nSPS) is 10.1. The van der Waals surface area contributed by atoms with E-state index in [2.05, 4.69) is 0 Å². The number of hydrogen-bond acceptors (Lipinski definition) is 4. The molecule has 0 aromatic carbocycles. The van der Waals surface area contributed by atoms with Gasteiger partial charge in [0.2, 0.25) is 0 Å². The maximum absolute atomic E-state index is 11.4. The molecule has 2 amide bonds. The van der Waals surface area contributed by atoms with Gasteiger partial charge in [0.05, 0.1) is 0 Å². The molecule has 0 saturated carbocycles. The van der Waals surface area contributed by atoms with Gasteiger partial charge < -0.3 is 10.0 Å². The van der Waals surface area contributed by atoms with Crippen LogP contribution < -0.4 is 11.3 Å². The van der Waals surface area contributed by atoms with E-state index in [-0.39, 0.29) is 12.6 Å². The highest BCUT2D eigenvalue weighted by Crippen LogP contribution is 2.00. The van der Waals surface area contributed by atoms with Gasteiger partial charge in [0, 0.05) is 19.2 Å². The minimum absolute atomic E-state index is 0.0132. The molecular formula is C8H17N3O3. The Kier molecular flexibility index (Phi) is 5.82. The Labute approximate surface area is 83.0 Å². The Morgan fingerprint density at radius 1 is 1.50 bits per heavy atom. The highest BCUT2D eigenvalue weighted by atomic mass is 16.3. The molecule has 82 valence electrons. The van der Waals surface area contributed by atoms with Crippen molar-refractivity contribution in [2.75, 3.05) is 13.2 Å². The first-order chi connectivity index (χ1) is 6.54. The molecule has 0 spiro atoms. The fraction of sp³-hybridized carbons (Fsp3) is 0.750. The molecule has 0 aromatic heterocycles. The van der Waals surface area contributed by atoms with E-state index in [0.717, 1.165) is 0 Å². The summed E-state index contributed by atoms with van der Waals surface area (Å²) in [6, 6.07) is -0.0913. The van der Waals surface area contributed by atoms with Gasteiger partial charge in [-0.2, -0.15) is 0 Å². The van der Waals surface area contributed by atoms with Gasteiger partial charge in [-0.25, -0.2) is 5.84 Å². The third-order valence-corrected chi connectivity index (χ3v) is 1.77. The lowest BCUT2D eigenvalue weighted by Gasteiger charge is -2.25. The van der Waals surface area contributed by atoms with Crippen molar-refractivity contribution < 1.29 is 14.7 Å². The van der Waals surface area contributed by atoms with Crippen LogP contribution in [0.25, 0.3) is 0 Å². The van der Waals surface area contributed by atoms with Crippen molar-refractivity contribution in [2.45, 2.75) is 26.3 Å². The maximum Gasteiger partial charge on any atom is 0.323 e. The predicted molar refractivity (Wildman–Crippen MR) is 50.9 cm³/mol. The predicted octanol–water partition coefficient (Wildman–Crippen LogP) is -1.40. The molecule has 6 nitrogen and oxygen atoms in total. The zero-order valence-corrected chi connectivity index (χ0v) is 8.49. The largest absolute Gasteiger partial charge is 0.396 e. The van der Waals surface area contributed by atoms with E-state index in [0.29, 0.717) is 13.0 Å². The second kappa shape index (κ2) is 6.33. The minimum Gasteiger partial charge on any atom is -0.396 e. The maximum atomic E-state index is 11.4. The summed E-state index contributed by atoms with van der Waals surface area (Å²) in [5.41, 5.74) is 1.78. The van der Waals surface area contributed by atoms with Crippen LogP contribution in [-0.2, 0) is 9.59 Å². The van der Waals surface area contributed by atoms with Crippen LogP contribution in [0.1, 0.15) is 20.3 Å². The molecule has 0 aromatic rings. The molecule has 4 N–H and O–H groups in total. The van der Waals surface area contributed by atoms with Crippen molar-refractivity contribution in [3.8, 4) is 0 Å². The van der Waals surface area contributed by atoms with Crippen LogP contribution in [0.4, 0.5) is 0 Å². The highest BCUT2D eigenvalue weighted by Gasteiger charge is 2.22. The number of carbonyl (C=O) groups is 2. The van der Waals surface area contributed by atoms with Gasteiger partial charge in [0.1, 0.15) is 0 Å². The monoisotopic (exact) mass is 203 g/mol. The first-order valence-corrected chi connectivity index (χ1v) is 4.47. The van der Waals surface area contributed by atoms with Crippen LogP contribution in [0.3, 0.4) is 0 Å². The second-order valence-electron chi connectivity index (χ2n) is 3.14. The molecule has 14 heavy (non-hydrogen) atoms. The van der Waals surface area contributed by atoms with Crippen LogP contribution in [0.5, 0.6) is 0 Å². The molecule has 0 fully saturated rings. The van der Waals surface area contributed by atoms with Crippen molar-refractivity contribution in [2.24, 2.45) is 5.84 Å². The number of hydrogen-bond donors (Lipinski definition) is 3. The van der Waals surface area contributed by atoms with Crippen LogP contribution >= 0.6 is 0 Å². The SMILES string of the molecule is CC(C)N(CCCO)C(=O)C(=O)NN. The van der Waals surface area contributed by atoms with Crippen LogP contribution in [0.15, 0.2) is 0 Å². The van der Waals surface area contributed by atoms with Crippen LogP contribution in [-0.4, -0.2) is 41.0 Å². The summed E-state index contributed by atoms with van der Waals surface area (Å²) in [6.45, 7) is 3.92. The average molecular weight is 203 g/mol. The Bertz CT molecular complexity index is 206. The van der Waals surface area contributed by atoms with Crippen molar-refractivity contribution in [3.05, 3.63) is 0 Å². The lowest BCUT2D eigenvalue weighted by atomic mass is 10.2. The topological polar surface area (TPSA) is 95.7 Å². The second-order valence-corrected chi connectivity index (χ2v) is 3.14. The number of rotatable bonds is 4. The Morgan fingerprint density at radius 3 is 2.43 bits per heavy atom. The number of hydrazine groups is 1. The number of aliphatic hydroxyl groups is 1. The quantitative estimate of drug-likeness (QED) is 0.226. The van der Waals surface area contributed by atoms with Crippen molar-refractivity contribution in [3.63, 3.8) is 0 Å². The molecule has 6 heteroatoms. The van der Waals surface area contributed by atoms with Gasteiger partial charge in [0.25, 0.3) is 0 Å². The zero-order chi connectivity index (χ0) is 11.1. The third kappa shape index (κ3) is 3.71. The first kappa shape index (κ1) is 12.9. The van der Waals surface area contributed by atoms with Gasteiger partial charge in [-0.05, 0) is 20.3 Å². The number of carbonyl (C=O) groups excluding carboxylic acids is 2. The first-order valence-electron chi connectivity index (χ1n) is 4.47. The van der Waals surface area contributed by atoms with Gasteiger partial charge in [-0.1, -0.05) is 0 Å². The van der Waals surface area contributed by atoms with E-state index >= 15 is 0 Å². The third-order valence-electron chi connectivity index (χ3n) is 1.77. The molecular weight excluding hydrogens is 186 g/mol. The number of nitrogens with two attached hydrogens (primary N) is 1. The van der Waals surface area contributed by atoms with Crippen molar-refractivity contribution >= 4 is 11.8 Å². The van der Waals surface area contributed by atoms with E-state index in [1.807, 2.05) is 0 Å². The number of aliphatic hydroxyl groups excluding tert-OH is 1. The Morgan fingerprint density at radius 2 is 2.07 bits per heavy atom. The summed E-state index contributed by atoms with van der Waals surface area (Å²) in [5, 5.41) is 8.61. The summed E-state index contributed by atoms with van der Waals surface area (Å²) >= 11 is 0. The Balaban J connectivity index is 4.33. The molecule has 0 radical (unpaired) electrons. The van der Waals surface area contributed by atoms with E-state index in [1.165, 1.54) is 4.90 Å². The Hall–Kier alpha value is -1.14. The number of amides is 2. The molecule has 0 aliphatic carbocycles. The fourth-order valence-electron chi connectivity index (χ4n) is 1.03. The molecule has 0 saturated heterocycles.